The van der Waals surface area contributed by atoms with Crippen molar-refractivity contribution in [3.63, 3.8) is 0 Å². The highest BCUT2D eigenvalue weighted by Gasteiger charge is 2.22. The summed E-state index contributed by atoms with van der Waals surface area (Å²) in [7, 11) is -0.0928. The quantitative estimate of drug-likeness (QED) is 0.488. The molecule has 0 radical (unpaired) electrons. The normalized spacial score (nSPS) is 12.7. The molecule has 0 bridgehead atoms. The van der Waals surface area contributed by atoms with Crippen LogP contribution >= 0.6 is 34.5 Å². The van der Waals surface area contributed by atoms with E-state index in [1.807, 2.05) is 25.1 Å². The number of halogens is 2. The Hall–Kier alpha value is -2.04. The van der Waals surface area contributed by atoms with Crippen molar-refractivity contribution in [3.05, 3.63) is 68.7 Å². The summed E-state index contributed by atoms with van der Waals surface area (Å²) < 4.78 is 33.1. The highest BCUT2D eigenvalue weighted by atomic mass is 35.5. The second kappa shape index (κ2) is 9.40. The Morgan fingerprint density at radius 2 is 1.90 bits per heavy atom. The first-order valence-electron chi connectivity index (χ1n) is 8.73. The summed E-state index contributed by atoms with van der Waals surface area (Å²) in [5.74, 6) is 0.465. The Bertz CT molecular complexity index is 1110. The van der Waals surface area contributed by atoms with E-state index < -0.39 is 10.0 Å². The van der Waals surface area contributed by atoms with Crippen molar-refractivity contribution in [2.75, 3.05) is 25.4 Å². The predicted octanol–water partition coefficient (Wildman–Crippen LogP) is 4.48. The standard InChI is InChI=1S/C19H19Cl2N3O4S2/c1-24(2)14(15-4-3-9-28-15)11-22-19(25)12-5-7-13(8-6-12)23-30(26,27)16-10-17(20)29-18(16)21/h3-10,14,23H,11H2,1-2H3,(H,22,25). The zero-order valence-electron chi connectivity index (χ0n) is 16.1. The van der Waals surface area contributed by atoms with Crippen molar-refractivity contribution in [1.82, 2.24) is 10.2 Å². The van der Waals surface area contributed by atoms with Gasteiger partial charge in [-0.3, -0.25) is 14.4 Å². The SMILES string of the molecule is CN(C)C(CNC(=O)c1ccc(NS(=O)(=O)c2cc(Cl)sc2Cl)cc1)c1ccco1. The summed E-state index contributed by atoms with van der Waals surface area (Å²) in [6.45, 7) is 0.352. The average Bonchev–Trinajstić information content (AvgIpc) is 3.31. The molecule has 0 saturated carbocycles. The van der Waals surface area contributed by atoms with Gasteiger partial charge in [-0.05, 0) is 56.6 Å². The van der Waals surface area contributed by atoms with Gasteiger partial charge in [0.05, 0.1) is 16.6 Å². The number of nitrogens with zero attached hydrogens (tertiary/aromatic N) is 1. The van der Waals surface area contributed by atoms with Gasteiger partial charge in [-0.15, -0.1) is 11.3 Å². The molecule has 2 aromatic heterocycles. The van der Waals surface area contributed by atoms with Gasteiger partial charge in [0.2, 0.25) is 0 Å². The maximum atomic E-state index is 12.5. The van der Waals surface area contributed by atoms with E-state index in [0.717, 1.165) is 17.1 Å². The molecule has 0 aliphatic heterocycles. The van der Waals surface area contributed by atoms with Crippen LogP contribution in [-0.2, 0) is 10.0 Å². The summed E-state index contributed by atoms with van der Waals surface area (Å²) in [4.78, 5) is 14.3. The summed E-state index contributed by atoms with van der Waals surface area (Å²) in [5.41, 5.74) is 0.693. The molecule has 0 fully saturated rings. The van der Waals surface area contributed by atoms with E-state index >= 15 is 0 Å². The second-order valence-corrected chi connectivity index (χ2v) is 10.5. The molecule has 1 atom stereocenters. The molecule has 0 aliphatic rings. The number of rotatable bonds is 8. The van der Waals surface area contributed by atoms with Gasteiger partial charge in [-0.25, -0.2) is 8.42 Å². The van der Waals surface area contributed by atoms with Crippen LogP contribution in [0.1, 0.15) is 22.2 Å². The van der Waals surface area contributed by atoms with E-state index in [0.29, 0.717) is 17.8 Å². The van der Waals surface area contributed by atoms with E-state index in [-0.39, 0.29) is 25.5 Å². The molecule has 1 unspecified atom stereocenters. The van der Waals surface area contributed by atoms with Crippen molar-refractivity contribution in [1.29, 1.82) is 0 Å². The minimum Gasteiger partial charge on any atom is -0.468 e. The number of likely N-dealkylation sites (N-methyl/N-ethyl adjacent to an activating group) is 1. The van der Waals surface area contributed by atoms with Gasteiger partial charge in [0.15, 0.2) is 0 Å². The van der Waals surface area contributed by atoms with Gasteiger partial charge in [0, 0.05) is 17.8 Å². The zero-order chi connectivity index (χ0) is 21.9. The molecule has 30 heavy (non-hydrogen) atoms. The summed E-state index contributed by atoms with van der Waals surface area (Å²) in [6, 6.07) is 10.9. The molecule has 2 N–H and O–H groups in total. The number of nitrogens with one attached hydrogen (secondary N) is 2. The summed E-state index contributed by atoms with van der Waals surface area (Å²) in [5, 5.41) is 2.86. The average molecular weight is 488 g/mol. The minimum absolute atomic E-state index is 0.0792. The van der Waals surface area contributed by atoms with Crippen LogP contribution < -0.4 is 10.0 Å². The predicted molar refractivity (Wildman–Crippen MR) is 119 cm³/mol. The lowest BCUT2D eigenvalue weighted by atomic mass is 10.1. The smallest absolute Gasteiger partial charge is 0.264 e. The summed E-state index contributed by atoms with van der Waals surface area (Å²) in [6.07, 6.45) is 1.59. The fraction of sp³-hybridized carbons (Fsp3) is 0.211. The van der Waals surface area contributed by atoms with Gasteiger partial charge in [-0.1, -0.05) is 23.2 Å². The van der Waals surface area contributed by atoms with Crippen LogP contribution in [-0.4, -0.2) is 39.9 Å². The lowest BCUT2D eigenvalue weighted by molar-refractivity contribution is 0.0939. The van der Waals surface area contributed by atoms with Crippen LogP contribution in [0.3, 0.4) is 0 Å². The number of anilines is 1. The number of hydrogen-bond donors (Lipinski definition) is 2. The van der Waals surface area contributed by atoms with Crippen LogP contribution in [0.15, 0.2) is 58.0 Å². The van der Waals surface area contributed by atoms with Crippen LogP contribution in [0.4, 0.5) is 5.69 Å². The number of carbonyl (C=O) groups is 1. The number of benzene rings is 1. The summed E-state index contributed by atoms with van der Waals surface area (Å²) >= 11 is 12.7. The minimum atomic E-state index is -3.88. The second-order valence-electron chi connectivity index (χ2n) is 6.58. The molecule has 3 rings (SSSR count). The van der Waals surface area contributed by atoms with Crippen molar-refractivity contribution in [3.8, 4) is 0 Å². The van der Waals surface area contributed by atoms with Gasteiger partial charge in [0.25, 0.3) is 15.9 Å². The number of hydrogen-bond acceptors (Lipinski definition) is 6. The Labute approximate surface area is 188 Å². The number of carbonyl (C=O) groups excluding carboxylic acids is 1. The third-order valence-corrected chi connectivity index (χ3v) is 7.40. The first-order valence-corrected chi connectivity index (χ1v) is 11.8. The molecule has 1 aromatic carbocycles. The third-order valence-electron chi connectivity index (χ3n) is 4.27. The van der Waals surface area contributed by atoms with Crippen LogP contribution in [0.5, 0.6) is 0 Å². The van der Waals surface area contributed by atoms with Crippen LogP contribution in [0, 0.1) is 0 Å². The Morgan fingerprint density at radius 1 is 1.20 bits per heavy atom. The highest BCUT2D eigenvalue weighted by Crippen LogP contribution is 2.35. The zero-order valence-corrected chi connectivity index (χ0v) is 19.2. The van der Waals surface area contributed by atoms with E-state index in [1.54, 1.807) is 12.3 Å². The monoisotopic (exact) mass is 487 g/mol. The largest absolute Gasteiger partial charge is 0.468 e. The maximum Gasteiger partial charge on any atom is 0.264 e. The van der Waals surface area contributed by atoms with Crippen molar-refractivity contribution < 1.29 is 17.6 Å². The molecule has 3 aromatic rings. The first kappa shape index (κ1) is 22.6. The number of sulfonamides is 1. The molecule has 7 nitrogen and oxygen atoms in total. The van der Waals surface area contributed by atoms with E-state index in [4.69, 9.17) is 27.6 Å². The van der Waals surface area contributed by atoms with Crippen molar-refractivity contribution in [2.45, 2.75) is 10.9 Å². The van der Waals surface area contributed by atoms with E-state index in [2.05, 4.69) is 10.0 Å². The van der Waals surface area contributed by atoms with E-state index in [9.17, 15) is 13.2 Å². The Kier molecular flexibility index (Phi) is 7.10. The molecule has 2 heterocycles. The van der Waals surface area contributed by atoms with Crippen molar-refractivity contribution >= 4 is 56.2 Å². The van der Waals surface area contributed by atoms with Gasteiger partial charge in [0.1, 0.15) is 15.0 Å². The fourth-order valence-electron chi connectivity index (χ4n) is 2.72. The van der Waals surface area contributed by atoms with Crippen LogP contribution in [0.2, 0.25) is 8.67 Å². The molecular weight excluding hydrogens is 469 g/mol. The van der Waals surface area contributed by atoms with Crippen LogP contribution in [0.25, 0.3) is 0 Å². The van der Waals surface area contributed by atoms with Gasteiger partial charge in [-0.2, -0.15) is 0 Å². The molecule has 0 aliphatic carbocycles. The molecule has 11 heteroatoms. The molecule has 1 amide bonds. The van der Waals surface area contributed by atoms with Crippen molar-refractivity contribution in [2.24, 2.45) is 0 Å². The number of thiophene rings is 1. The molecule has 0 saturated heterocycles. The highest BCUT2D eigenvalue weighted by molar-refractivity contribution is 7.93. The lowest BCUT2D eigenvalue weighted by Gasteiger charge is -2.22. The maximum absolute atomic E-state index is 12.5. The number of amides is 1. The fourth-order valence-corrected chi connectivity index (χ4v) is 5.93. The topological polar surface area (TPSA) is 91.7 Å². The van der Waals surface area contributed by atoms with Gasteiger partial charge < -0.3 is 9.73 Å². The molecule has 160 valence electrons. The number of furan rings is 1. The first-order chi connectivity index (χ1) is 14.2. The Balaban J connectivity index is 1.65. The molecule has 0 spiro atoms. The molecular formula is C19H19Cl2N3O4S2. The van der Waals surface area contributed by atoms with Gasteiger partial charge >= 0.3 is 0 Å². The van der Waals surface area contributed by atoms with E-state index in [1.165, 1.54) is 30.3 Å². The lowest BCUT2D eigenvalue weighted by Crippen LogP contribution is -2.34. The Morgan fingerprint density at radius 3 is 2.43 bits per heavy atom. The third kappa shape index (κ3) is 5.35.